The van der Waals surface area contributed by atoms with Gasteiger partial charge in [-0.2, -0.15) is 0 Å². The molecule has 33 heavy (non-hydrogen) atoms. The van der Waals surface area contributed by atoms with Crippen molar-refractivity contribution in [2.45, 2.75) is 71.7 Å². The molecule has 7 nitrogen and oxygen atoms in total. The first-order valence-electron chi connectivity index (χ1n) is 11.5. The Kier molecular flexibility index (Phi) is 10.9. The number of esters is 3. The largest absolute Gasteiger partial charge is 0.479 e. The Labute approximate surface area is 205 Å². The lowest BCUT2D eigenvalue weighted by molar-refractivity contribution is -0.161. The second-order valence-electron chi connectivity index (χ2n) is 8.16. The molecule has 0 saturated heterocycles. The summed E-state index contributed by atoms with van der Waals surface area (Å²) in [5.41, 5.74) is 5.01. The fourth-order valence-electron chi connectivity index (χ4n) is 4.61. The molecule has 2 aliphatic rings. The molecule has 2 aliphatic carbocycles. The Bertz CT molecular complexity index is 798. The average molecular weight is 499 g/mol. The van der Waals surface area contributed by atoms with Crippen LogP contribution in [0.15, 0.2) is 16.9 Å². The molecule has 2 saturated carbocycles. The van der Waals surface area contributed by atoms with E-state index in [1.807, 2.05) is 13.8 Å². The molecular formula is C24H34O7S2. The summed E-state index contributed by atoms with van der Waals surface area (Å²) in [6.07, 6.45) is 2.48. The van der Waals surface area contributed by atoms with Crippen LogP contribution in [0.2, 0.25) is 0 Å². The molecule has 184 valence electrons. The van der Waals surface area contributed by atoms with Crippen molar-refractivity contribution in [1.82, 2.24) is 0 Å². The summed E-state index contributed by atoms with van der Waals surface area (Å²) in [7, 11) is 0. The molecule has 0 aromatic rings. The van der Waals surface area contributed by atoms with Gasteiger partial charge in [-0.25, -0.2) is 0 Å². The van der Waals surface area contributed by atoms with Gasteiger partial charge in [-0.15, -0.1) is 5.73 Å². The summed E-state index contributed by atoms with van der Waals surface area (Å²) in [6.45, 7) is 9.38. The van der Waals surface area contributed by atoms with Crippen LogP contribution >= 0.6 is 24.0 Å². The van der Waals surface area contributed by atoms with E-state index in [1.165, 1.54) is 6.92 Å². The van der Waals surface area contributed by atoms with E-state index in [1.54, 1.807) is 25.6 Å². The SMILES string of the molecule is CCOC(=O)C(CC(C)=C=C1[C@@H](OC(C)=O)C[C@@H]2CCC(SC(=S)OCC)[C@H]12)C(=O)OCC. The fraction of sp³-hybridized carbons (Fsp3) is 0.708. The third-order valence-electron chi connectivity index (χ3n) is 5.78. The van der Waals surface area contributed by atoms with Crippen molar-refractivity contribution in [3.63, 3.8) is 0 Å². The van der Waals surface area contributed by atoms with E-state index in [0.717, 1.165) is 24.8 Å². The van der Waals surface area contributed by atoms with E-state index in [4.69, 9.17) is 31.2 Å². The molecule has 2 fully saturated rings. The van der Waals surface area contributed by atoms with Crippen LogP contribution < -0.4 is 0 Å². The minimum Gasteiger partial charge on any atom is -0.479 e. The third-order valence-corrected chi connectivity index (χ3v) is 7.33. The quantitative estimate of drug-likeness (QED) is 0.151. The summed E-state index contributed by atoms with van der Waals surface area (Å²) in [5.74, 6) is -2.13. The monoisotopic (exact) mass is 498 g/mol. The lowest BCUT2D eigenvalue weighted by atomic mass is 9.95. The Hall–Kier alpha value is -1.83. The molecule has 0 aliphatic heterocycles. The van der Waals surface area contributed by atoms with Gasteiger partial charge in [-0.05, 0) is 77.1 Å². The molecule has 9 heteroatoms. The number of hydrogen-bond acceptors (Lipinski definition) is 9. The summed E-state index contributed by atoms with van der Waals surface area (Å²) in [5, 5.41) is 0.204. The standard InChI is InChI=1S/C24H34O7S2/c1-6-28-22(26)18(23(27)29-7-2)12-14(4)11-17-19(31-15(5)25)13-16-9-10-20(21(16)17)33-24(32)30-8-3/h16,18-21H,6-10,12-13H2,1-5H3/t11?,16-,19-,20?,21-/m0/s1. The molecule has 0 N–H and O–H groups in total. The van der Waals surface area contributed by atoms with Gasteiger partial charge in [0.15, 0.2) is 5.92 Å². The first-order chi connectivity index (χ1) is 15.7. The molecule has 0 aromatic carbocycles. The van der Waals surface area contributed by atoms with Crippen molar-refractivity contribution in [1.29, 1.82) is 0 Å². The minimum absolute atomic E-state index is 0.126. The van der Waals surface area contributed by atoms with Gasteiger partial charge in [0.1, 0.15) is 6.10 Å². The van der Waals surface area contributed by atoms with Crippen LogP contribution in [-0.2, 0) is 33.3 Å². The van der Waals surface area contributed by atoms with Crippen molar-refractivity contribution in [3.8, 4) is 0 Å². The van der Waals surface area contributed by atoms with Crippen molar-refractivity contribution < 1.29 is 33.3 Å². The molecule has 0 aromatic heterocycles. The zero-order chi connectivity index (χ0) is 24.5. The second kappa shape index (κ2) is 13.2. The molecule has 2 rings (SSSR count). The lowest BCUT2D eigenvalue weighted by Gasteiger charge is -2.21. The highest BCUT2D eigenvalue weighted by molar-refractivity contribution is 8.23. The van der Waals surface area contributed by atoms with Gasteiger partial charge in [0.05, 0.1) is 19.8 Å². The Morgan fingerprint density at radius 3 is 2.18 bits per heavy atom. The zero-order valence-corrected chi connectivity index (χ0v) is 21.6. The van der Waals surface area contributed by atoms with Crippen LogP contribution in [0, 0.1) is 17.8 Å². The predicted octanol–water partition coefficient (Wildman–Crippen LogP) is 4.38. The van der Waals surface area contributed by atoms with Crippen LogP contribution in [-0.4, -0.2) is 53.5 Å². The molecule has 0 bridgehead atoms. The zero-order valence-electron chi connectivity index (χ0n) is 20.0. The molecule has 0 amide bonds. The Morgan fingerprint density at radius 2 is 1.64 bits per heavy atom. The first kappa shape index (κ1) is 27.4. The number of hydrogen-bond donors (Lipinski definition) is 0. The van der Waals surface area contributed by atoms with E-state index in [2.05, 4.69) is 5.73 Å². The minimum atomic E-state index is -1.05. The maximum Gasteiger partial charge on any atom is 0.320 e. The molecular weight excluding hydrogens is 464 g/mol. The average Bonchev–Trinajstić information content (AvgIpc) is 3.26. The molecule has 0 heterocycles. The number of thioether (sulfide) groups is 1. The number of carbonyl (C=O) groups excluding carboxylic acids is 3. The maximum atomic E-state index is 12.4. The topological polar surface area (TPSA) is 88.1 Å². The second-order valence-corrected chi connectivity index (χ2v) is 10.00. The highest BCUT2D eigenvalue weighted by Gasteiger charge is 2.49. The van der Waals surface area contributed by atoms with Crippen molar-refractivity contribution in [2.24, 2.45) is 17.8 Å². The van der Waals surface area contributed by atoms with E-state index < -0.39 is 17.9 Å². The van der Waals surface area contributed by atoms with Gasteiger partial charge in [0, 0.05) is 23.7 Å². The van der Waals surface area contributed by atoms with Gasteiger partial charge >= 0.3 is 17.9 Å². The Balaban J connectivity index is 2.37. The Morgan fingerprint density at radius 1 is 1.03 bits per heavy atom. The van der Waals surface area contributed by atoms with Gasteiger partial charge in [0.2, 0.25) is 4.38 Å². The number of thiocarbonyl (C=S) groups is 1. The van der Waals surface area contributed by atoms with Crippen LogP contribution in [0.1, 0.15) is 60.3 Å². The van der Waals surface area contributed by atoms with Crippen molar-refractivity contribution in [3.05, 3.63) is 16.9 Å². The van der Waals surface area contributed by atoms with E-state index in [0.29, 0.717) is 22.5 Å². The van der Waals surface area contributed by atoms with Crippen LogP contribution in [0.4, 0.5) is 0 Å². The van der Waals surface area contributed by atoms with Crippen LogP contribution in [0.25, 0.3) is 0 Å². The summed E-state index contributed by atoms with van der Waals surface area (Å²) in [4.78, 5) is 36.5. The van der Waals surface area contributed by atoms with E-state index in [9.17, 15) is 14.4 Å². The summed E-state index contributed by atoms with van der Waals surface area (Å²) < 4.78 is 21.8. The van der Waals surface area contributed by atoms with Crippen LogP contribution in [0.5, 0.6) is 0 Å². The molecule has 1 unspecified atom stereocenters. The highest BCUT2D eigenvalue weighted by atomic mass is 32.2. The molecule has 4 atom stereocenters. The lowest BCUT2D eigenvalue weighted by Crippen LogP contribution is -2.28. The van der Waals surface area contributed by atoms with E-state index >= 15 is 0 Å². The number of fused-ring (bicyclic) bond motifs is 1. The van der Waals surface area contributed by atoms with Gasteiger partial charge < -0.3 is 18.9 Å². The normalized spacial score (nSPS) is 23.5. The predicted molar refractivity (Wildman–Crippen MR) is 130 cm³/mol. The molecule has 0 spiro atoms. The van der Waals surface area contributed by atoms with Crippen molar-refractivity contribution >= 4 is 46.3 Å². The smallest absolute Gasteiger partial charge is 0.320 e. The number of ether oxygens (including phenoxy) is 4. The van der Waals surface area contributed by atoms with E-state index in [-0.39, 0.29) is 42.9 Å². The number of carbonyl (C=O) groups is 3. The highest BCUT2D eigenvalue weighted by Crippen LogP contribution is 2.52. The van der Waals surface area contributed by atoms with Gasteiger partial charge in [-0.1, -0.05) is 11.8 Å². The number of rotatable bonds is 9. The fourth-order valence-corrected chi connectivity index (χ4v) is 6.30. The van der Waals surface area contributed by atoms with Gasteiger partial charge in [0.25, 0.3) is 0 Å². The van der Waals surface area contributed by atoms with Crippen molar-refractivity contribution in [2.75, 3.05) is 19.8 Å². The first-order valence-corrected chi connectivity index (χ1v) is 12.8. The summed E-state index contributed by atoms with van der Waals surface area (Å²) in [6, 6.07) is 0. The summed E-state index contributed by atoms with van der Waals surface area (Å²) >= 11 is 6.90. The third kappa shape index (κ3) is 7.59. The van der Waals surface area contributed by atoms with Crippen LogP contribution in [0.3, 0.4) is 0 Å². The van der Waals surface area contributed by atoms with Gasteiger partial charge in [-0.3, -0.25) is 14.4 Å². The maximum absolute atomic E-state index is 12.4. The molecule has 0 radical (unpaired) electrons.